The number of amides is 1. The fourth-order valence-corrected chi connectivity index (χ4v) is 5.98. The van der Waals surface area contributed by atoms with Crippen molar-refractivity contribution in [2.45, 2.75) is 36.6 Å². The van der Waals surface area contributed by atoms with Crippen LogP contribution in [0, 0.1) is 5.92 Å². The lowest BCUT2D eigenvalue weighted by Gasteiger charge is -2.34. The maximum absolute atomic E-state index is 13.2. The van der Waals surface area contributed by atoms with Gasteiger partial charge in [-0.1, -0.05) is 41.9 Å². The van der Waals surface area contributed by atoms with Gasteiger partial charge in [-0.3, -0.25) is 4.79 Å². The van der Waals surface area contributed by atoms with Crippen molar-refractivity contribution >= 4 is 27.5 Å². The summed E-state index contributed by atoms with van der Waals surface area (Å²) in [5.41, 5.74) is 1.18. The fourth-order valence-electron chi connectivity index (χ4n) is 4.39. The van der Waals surface area contributed by atoms with Crippen molar-refractivity contribution in [1.29, 1.82) is 0 Å². The molecule has 29 heavy (non-hydrogen) atoms. The van der Waals surface area contributed by atoms with Gasteiger partial charge in [-0.15, -0.1) is 0 Å². The molecule has 1 atom stereocenters. The molecule has 1 unspecified atom stereocenters. The number of carbonyl (C=O) groups is 1. The van der Waals surface area contributed by atoms with Crippen LogP contribution in [0.15, 0.2) is 59.5 Å². The van der Waals surface area contributed by atoms with Crippen molar-refractivity contribution in [2.24, 2.45) is 5.92 Å². The Morgan fingerprint density at radius 3 is 2.21 bits per heavy atom. The molecule has 1 amide bonds. The van der Waals surface area contributed by atoms with E-state index in [1.807, 2.05) is 23.1 Å². The Morgan fingerprint density at radius 1 is 0.897 bits per heavy atom. The minimum atomic E-state index is -3.55. The van der Waals surface area contributed by atoms with Gasteiger partial charge in [0.2, 0.25) is 15.9 Å². The first-order chi connectivity index (χ1) is 14.0. The summed E-state index contributed by atoms with van der Waals surface area (Å²) in [6.07, 6.45) is 3.11. The molecule has 2 saturated heterocycles. The highest BCUT2D eigenvalue weighted by Gasteiger charge is 2.37. The summed E-state index contributed by atoms with van der Waals surface area (Å²) in [5.74, 6) is 0.0517. The molecule has 2 aliphatic rings. The molecule has 0 aromatic heterocycles. The number of sulfonamides is 1. The van der Waals surface area contributed by atoms with Crippen molar-refractivity contribution < 1.29 is 13.2 Å². The van der Waals surface area contributed by atoms with Crippen LogP contribution in [0.25, 0.3) is 0 Å². The maximum Gasteiger partial charge on any atom is 0.243 e. The third-order valence-corrected chi connectivity index (χ3v) is 8.14. The first kappa shape index (κ1) is 20.4. The third kappa shape index (κ3) is 4.20. The number of carbonyl (C=O) groups excluding carboxylic acids is 1. The van der Waals surface area contributed by atoms with E-state index in [4.69, 9.17) is 11.6 Å². The molecule has 0 saturated carbocycles. The van der Waals surface area contributed by atoms with Gasteiger partial charge in [0, 0.05) is 30.6 Å². The Bertz CT molecular complexity index is 955. The number of halogens is 1. The van der Waals surface area contributed by atoms with Crippen LogP contribution in [0.2, 0.25) is 5.02 Å². The number of nitrogens with zero attached hydrogens (tertiary/aromatic N) is 2. The number of likely N-dealkylation sites (tertiary alicyclic amines) is 1. The summed E-state index contributed by atoms with van der Waals surface area (Å²) in [6.45, 7) is 1.51. The van der Waals surface area contributed by atoms with E-state index in [2.05, 4.69) is 12.1 Å². The summed E-state index contributed by atoms with van der Waals surface area (Å²) in [5, 5.41) is 0.506. The van der Waals surface area contributed by atoms with Crippen LogP contribution in [-0.2, 0) is 14.8 Å². The number of hydrogen-bond acceptors (Lipinski definition) is 3. The molecule has 0 N–H and O–H groups in total. The highest BCUT2D eigenvalue weighted by Crippen LogP contribution is 2.35. The number of benzene rings is 2. The molecule has 7 heteroatoms. The molecule has 0 radical (unpaired) electrons. The van der Waals surface area contributed by atoms with Gasteiger partial charge in [-0.2, -0.15) is 4.31 Å². The van der Waals surface area contributed by atoms with E-state index in [-0.39, 0.29) is 22.8 Å². The van der Waals surface area contributed by atoms with Crippen LogP contribution in [0.1, 0.15) is 37.3 Å². The van der Waals surface area contributed by atoms with Gasteiger partial charge in [0.15, 0.2) is 0 Å². The fraction of sp³-hybridized carbons (Fsp3) is 0.409. The van der Waals surface area contributed by atoms with Crippen LogP contribution in [0.4, 0.5) is 0 Å². The summed E-state index contributed by atoms with van der Waals surface area (Å²) in [4.78, 5) is 15.4. The molecule has 2 heterocycles. The van der Waals surface area contributed by atoms with Gasteiger partial charge in [-0.25, -0.2) is 8.42 Å². The Hall–Kier alpha value is -1.89. The van der Waals surface area contributed by atoms with Crippen molar-refractivity contribution in [3.63, 3.8) is 0 Å². The van der Waals surface area contributed by atoms with Crippen molar-refractivity contribution in [3.05, 3.63) is 65.2 Å². The Balaban J connectivity index is 1.41. The summed E-state index contributed by atoms with van der Waals surface area (Å²) >= 11 is 5.87. The first-order valence-electron chi connectivity index (χ1n) is 10.1. The number of rotatable bonds is 4. The van der Waals surface area contributed by atoms with E-state index in [0.29, 0.717) is 31.0 Å². The van der Waals surface area contributed by atoms with Crippen molar-refractivity contribution in [1.82, 2.24) is 9.21 Å². The van der Waals surface area contributed by atoms with Crippen molar-refractivity contribution in [2.75, 3.05) is 19.6 Å². The normalized spacial score (nSPS) is 21.4. The Morgan fingerprint density at radius 2 is 1.55 bits per heavy atom. The number of hydrogen-bond donors (Lipinski definition) is 0. The second-order valence-electron chi connectivity index (χ2n) is 7.73. The van der Waals surface area contributed by atoms with E-state index in [0.717, 1.165) is 19.4 Å². The van der Waals surface area contributed by atoms with Crippen LogP contribution >= 0.6 is 11.6 Å². The van der Waals surface area contributed by atoms with Crippen LogP contribution in [0.3, 0.4) is 0 Å². The van der Waals surface area contributed by atoms with Crippen molar-refractivity contribution in [3.8, 4) is 0 Å². The quantitative estimate of drug-likeness (QED) is 0.730. The highest BCUT2D eigenvalue weighted by atomic mass is 35.5. The van der Waals surface area contributed by atoms with Gasteiger partial charge in [-0.05, 0) is 55.5 Å². The average molecular weight is 433 g/mol. The maximum atomic E-state index is 13.2. The summed E-state index contributed by atoms with van der Waals surface area (Å²) in [7, 11) is -3.55. The molecular formula is C22H25ClN2O3S. The van der Waals surface area contributed by atoms with Gasteiger partial charge < -0.3 is 4.90 Å². The molecule has 4 rings (SSSR count). The van der Waals surface area contributed by atoms with E-state index >= 15 is 0 Å². The van der Waals surface area contributed by atoms with Gasteiger partial charge in [0.05, 0.1) is 10.9 Å². The molecule has 2 aromatic rings. The van der Waals surface area contributed by atoms with E-state index < -0.39 is 10.0 Å². The van der Waals surface area contributed by atoms with E-state index in [9.17, 15) is 13.2 Å². The minimum absolute atomic E-state index is 0.115. The third-order valence-electron chi connectivity index (χ3n) is 5.97. The van der Waals surface area contributed by atoms with Gasteiger partial charge >= 0.3 is 0 Å². The highest BCUT2D eigenvalue weighted by molar-refractivity contribution is 7.89. The van der Waals surface area contributed by atoms with Gasteiger partial charge in [0.1, 0.15) is 0 Å². The lowest BCUT2D eigenvalue weighted by atomic mass is 9.95. The van der Waals surface area contributed by atoms with Crippen LogP contribution in [0.5, 0.6) is 0 Å². The molecule has 0 aliphatic carbocycles. The molecule has 2 fully saturated rings. The smallest absolute Gasteiger partial charge is 0.243 e. The molecule has 154 valence electrons. The summed E-state index contributed by atoms with van der Waals surface area (Å²) in [6, 6.07) is 16.5. The molecule has 2 aromatic carbocycles. The molecule has 2 aliphatic heterocycles. The topological polar surface area (TPSA) is 57.7 Å². The van der Waals surface area contributed by atoms with E-state index in [1.165, 1.54) is 22.0 Å². The monoisotopic (exact) mass is 432 g/mol. The zero-order valence-corrected chi connectivity index (χ0v) is 17.8. The predicted molar refractivity (Wildman–Crippen MR) is 113 cm³/mol. The predicted octanol–water partition coefficient (Wildman–Crippen LogP) is 4.10. The summed E-state index contributed by atoms with van der Waals surface area (Å²) < 4.78 is 27.2. The minimum Gasteiger partial charge on any atom is -0.335 e. The zero-order valence-electron chi connectivity index (χ0n) is 16.2. The molecule has 5 nitrogen and oxygen atoms in total. The Labute approximate surface area is 177 Å². The lowest BCUT2D eigenvalue weighted by molar-refractivity contribution is -0.137. The second-order valence-corrected chi connectivity index (χ2v) is 10.1. The van der Waals surface area contributed by atoms with Crippen LogP contribution in [-0.4, -0.2) is 43.2 Å². The SMILES string of the molecule is O=C(C1CCN(S(=O)(=O)c2ccc(Cl)cc2)CC1)N1CCCC1c1ccccc1. The second kappa shape index (κ2) is 8.46. The van der Waals surface area contributed by atoms with E-state index in [1.54, 1.807) is 12.1 Å². The lowest BCUT2D eigenvalue weighted by Crippen LogP contribution is -2.44. The largest absolute Gasteiger partial charge is 0.335 e. The molecule has 0 bridgehead atoms. The average Bonchev–Trinajstić information content (AvgIpc) is 3.24. The van der Waals surface area contributed by atoms with Gasteiger partial charge in [0.25, 0.3) is 0 Å². The molecular weight excluding hydrogens is 408 g/mol. The zero-order chi connectivity index (χ0) is 20.4. The Kier molecular flexibility index (Phi) is 5.95. The number of piperidine rings is 1. The first-order valence-corrected chi connectivity index (χ1v) is 11.9. The standard InChI is InChI=1S/C22H25ClN2O3S/c23-19-8-10-20(11-9-19)29(27,28)24-15-12-18(13-16-24)22(26)25-14-4-7-21(25)17-5-2-1-3-6-17/h1-3,5-6,8-11,18,21H,4,7,12-16H2. The molecule has 0 spiro atoms. The van der Waals surface area contributed by atoms with Crippen LogP contribution < -0.4 is 0 Å².